The summed E-state index contributed by atoms with van der Waals surface area (Å²) in [5, 5.41) is -0.370. The van der Waals surface area contributed by atoms with E-state index in [2.05, 4.69) is 16.9 Å². The first-order chi connectivity index (χ1) is 6.52. The van der Waals surface area contributed by atoms with E-state index < -0.39 is 10.0 Å². The van der Waals surface area contributed by atoms with E-state index in [9.17, 15) is 8.42 Å². The van der Waals surface area contributed by atoms with Crippen molar-refractivity contribution >= 4 is 27.2 Å². The van der Waals surface area contributed by atoms with E-state index in [-0.39, 0.29) is 16.8 Å². The number of thiocarbonyl (C=S) groups is 1. The highest BCUT2D eigenvalue weighted by Crippen LogP contribution is 2.14. The summed E-state index contributed by atoms with van der Waals surface area (Å²) in [5.74, 6) is 0. The first kappa shape index (κ1) is 11.8. The SMILES string of the molecule is NC(=S)CNS(=O)(=O)C1CCOCC1. The van der Waals surface area contributed by atoms with Gasteiger partial charge in [0.05, 0.1) is 16.8 Å². The van der Waals surface area contributed by atoms with Crippen molar-refractivity contribution in [2.45, 2.75) is 18.1 Å². The van der Waals surface area contributed by atoms with Crippen LogP contribution in [-0.4, -0.2) is 38.4 Å². The molecule has 0 aromatic carbocycles. The third-order valence-electron chi connectivity index (χ3n) is 2.05. The Hall–Kier alpha value is -0.240. The lowest BCUT2D eigenvalue weighted by Crippen LogP contribution is -2.41. The van der Waals surface area contributed by atoms with Gasteiger partial charge in [-0.1, -0.05) is 12.2 Å². The highest BCUT2D eigenvalue weighted by Gasteiger charge is 2.27. The Bertz CT molecular complexity index is 296. The molecule has 0 saturated carbocycles. The summed E-state index contributed by atoms with van der Waals surface area (Å²) in [7, 11) is -3.28. The molecule has 14 heavy (non-hydrogen) atoms. The van der Waals surface area contributed by atoms with E-state index in [1.807, 2.05) is 0 Å². The maximum atomic E-state index is 11.6. The topological polar surface area (TPSA) is 81.4 Å². The van der Waals surface area contributed by atoms with Crippen LogP contribution in [0.2, 0.25) is 0 Å². The van der Waals surface area contributed by atoms with Crippen molar-refractivity contribution in [2.75, 3.05) is 19.8 Å². The van der Waals surface area contributed by atoms with Crippen LogP contribution in [0.3, 0.4) is 0 Å². The van der Waals surface area contributed by atoms with E-state index in [4.69, 9.17) is 10.5 Å². The fourth-order valence-corrected chi connectivity index (χ4v) is 2.84. The fraction of sp³-hybridized carbons (Fsp3) is 0.857. The van der Waals surface area contributed by atoms with Gasteiger partial charge in [-0.25, -0.2) is 13.1 Å². The molecule has 0 aromatic rings. The largest absolute Gasteiger partial charge is 0.392 e. The second kappa shape index (κ2) is 5.01. The first-order valence-electron chi connectivity index (χ1n) is 4.37. The van der Waals surface area contributed by atoms with Crippen molar-refractivity contribution in [3.63, 3.8) is 0 Å². The minimum absolute atomic E-state index is 0.0367. The van der Waals surface area contributed by atoms with Crippen molar-refractivity contribution < 1.29 is 13.2 Å². The Labute approximate surface area is 89.0 Å². The molecule has 0 radical (unpaired) electrons. The van der Waals surface area contributed by atoms with Crippen LogP contribution in [0.1, 0.15) is 12.8 Å². The van der Waals surface area contributed by atoms with Gasteiger partial charge in [-0.15, -0.1) is 0 Å². The van der Waals surface area contributed by atoms with Crippen LogP contribution >= 0.6 is 12.2 Å². The zero-order valence-corrected chi connectivity index (χ0v) is 9.36. The number of nitrogens with two attached hydrogens (primary N) is 1. The number of sulfonamides is 1. The maximum absolute atomic E-state index is 11.6. The summed E-state index contributed by atoms with van der Waals surface area (Å²) in [5.41, 5.74) is 5.21. The van der Waals surface area contributed by atoms with Crippen molar-refractivity contribution in [1.82, 2.24) is 4.72 Å². The van der Waals surface area contributed by atoms with E-state index in [1.54, 1.807) is 0 Å². The Morgan fingerprint density at radius 1 is 1.50 bits per heavy atom. The molecule has 1 rings (SSSR count). The van der Waals surface area contributed by atoms with Gasteiger partial charge in [-0.3, -0.25) is 0 Å². The highest BCUT2D eigenvalue weighted by molar-refractivity contribution is 7.90. The maximum Gasteiger partial charge on any atom is 0.215 e. The third kappa shape index (κ3) is 3.49. The van der Waals surface area contributed by atoms with Crippen LogP contribution in [0.15, 0.2) is 0 Å². The van der Waals surface area contributed by atoms with Crippen LogP contribution in [0.5, 0.6) is 0 Å². The lowest BCUT2D eigenvalue weighted by atomic mass is 10.2. The van der Waals surface area contributed by atoms with Crippen LogP contribution in [0.25, 0.3) is 0 Å². The van der Waals surface area contributed by atoms with Gasteiger partial charge < -0.3 is 10.5 Å². The monoisotopic (exact) mass is 238 g/mol. The van der Waals surface area contributed by atoms with Crippen LogP contribution < -0.4 is 10.5 Å². The highest BCUT2D eigenvalue weighted by atomic mass is 32.2. The molecule has 1 fully saturated rings. The molecule has 1 aliphatic rings. The van der Waals surface area contributed by atoms with Crippen LogP contribution in [0.4, 0.5) is 0 Å². The average molecular weight is 238 g/mol. The predicted octanol–water partition coefficient (Wildman–Crippen LogP) is -0.629. The second-order valence-electron chi connectivity index (χ2n) is 3.14. The normalized spacial score (nSPS) is 19.4. The molecule has 0 spiro atoms. The van der Waals surface area contributed by atoms with Gasteiger partial charge in [0.2, 0.25) is 10.0 Å². The Balaban J connectivity index is 2.50. The quantitative estimate of drug-likeness (QED) is 0.637. The van der Waals surface area contributed by atoms with Gasteiger partial charge in [0.25, 0.3) is 0 Å². The standard InChI is InChI=1S/C7H14N2O3S2/c8-7(13)5-9-14(10,11)6-1-3-12-4-2-6/h6,9H,1-5H2,(H2,8,13). The minimum Gasteiger partial charge on any atom is -0.392 e. The summed E-state index contributed by atoms with van der Waals surface area (Å²) in [6.45, 7) is 1.03. The fourth-order valence-electron chi connectivity index (χ4n) is 1.28. The molecule has 5 nitrogen and oxygen atoms in total. The Morgan fingerprint density at radius 3 is 2.57 bits per heavy atom. The van der Waals surface area contributed by atoms with Gasteiger partial charge in [-0.05, 0) is 12.8 Å². The van der Waals surface area contributed by atoms with Gasteiger partial charge in [0, 0.05) is 13.2 Å². The predicted molar refractivity (Wildman–Crippen MR) is 57.5 cm³/mol. The zero-order valence-electron chi connectivity index (χ0n) is 7.73. The lowest BCUT2D eigenvalue weighted by Gasteiger charge is -2.22. The molecule has 0 atom stereocenters. The van der Waals surface area contributed by atoms with Crippen LogP contribution in [-0.2, 0) is 14.8 Å². The zero-order chi connectivity index (χ0) is 10.6. The molecule has 82 valence electrons. The molecule has 0 bridgehead atoms. The first-order valence-corrected chi connectivity index (χ1v) is 6.32. The third-order valence-corrected chi connectivity index (χ3v) is 4.09. The Kier molecular flexibility index (Phi) is 4.24. The molecular formula is C7H14N2O3S2. The molecule has 1 aliphatic heterocycles. The number of hydrogen-bond donors (Lipinski definition) is 2. The van der Waals surface area contributed by atoms with Crippen molar-refractivity contribution in [3.8, 4) is 0 Å². The van der Waals surface area contributed by atoms with Crippen molar-refractivity contribution in [3.05, 3.63) is 0 Å². The van der Waals surface area contributed by atoms with Crippen molar-refractivity contribution in [1.29, 1.82) is 0 Å². The number of rotatable bonds is 4. The van der Waals surface area contributed by atoms with Gasteiger partial charge in [-0.2, -0.15) is 0 Å². The molecule has 0 unspecified atom stereocenters. The molecule has 0 aromatic heterocycles. The van der Waals surface area contributed by atoms with Gasteiger partial charge in [0.1, 0.15) is 0 Å². The lowest BCUT2D eigenvalue weighted by molar-refractivity contribution is 0.0982. The number of ether oxygens (including phenoxy) is 1. The Morgan fingerprint density at radius 2 is 2.07 bits per heavy atom. The summed E-state index contributed by atoms with van der Waals surface area (Å²) in [4.78, 5) is 0.153. The average Bonchev–Trinajstić information content (AvgIpc) is 2.16. The summed E-state index contributed by atoms with van der Waals surface area (Å²) < 4.78 is 30.7. The summed E-state index contributed by atoms with van der Waals surface area (Å²) >= 11 is 4.59. The molecule has 0 aliphatic carbocycles. The van der Waals surface area contributed by atoms with Crippen LogP contribution in [0, 0.1) is 0 Å². The number of nitrogens with one attached hydrogen (secondary N) is 1. The smallest absolute Gasteiger partial charge is 0.215 e. The van der Waals surface area contributed by atoms with Gasteiger partial charge >= 0.3 is 0 Å². The van der Waals surface area contributed by atoms with E-state index in [1.165, 1.54) is 0 Å². The van der Waals surface area contributed by atoms with Crippen molar-refractivity contribution in [2.24, 2.45) is 5.73 Å². The molecule has 1 heterocycles. The molecule has 0 amide bonds. The molecule has 3 N–H and O–H groups in total. The second-order valence-corrected chi connectivity index (χ2v) is 5.71. The van der Waals surface area contributed by atoms with E-state index >= 15 is 0 Å². The molecule has 1 saturated heterocycles. The summed E-state index contributed by atoms with van der Waals surface area (Å²) in [6, 6.07) is 0. The summed E-state index contributed by atoms with van der Waals surface area (Å²) in [6.07, 6.45) is 1.07. The molecule has 7 heteroatoms. The van der Waals surface area contributed by atoms with E-state index in [0.29, 0.717) is 26.1 Å². The van der Waals surface area contributed by atoms with Gasteiger partial charge in [0.15, 0.2) is 0 Å². The molecular weight excluding hydrogens is 224 g/mol. The minimum atomic E-state index is -3.28. The number of hydrogen-bond acceptors (Lipinski definition) is 4. The van der Waals surface area contributed by atoms with E-state index in [0.717, 1.165) is 0 Å².